The van der Waals surface area contributed by atoms with Gasteiger partial charge in [0.05, 0.1) is 5.54 Å². The van der Waals surface area contributed by atoms with E-state index in [-0.39, 0.29) is 11.6 Å². The van der Waals surface area contributed by atoms with Gasteiger partial charge in [0, 0.05) is 18.0 Å². The van der Waals surface area contributed by atoms with Crippen molar-refractivity contribution >= 4 is 17.4 Å². The Morgan fingerprint density at radius 2 is 1.91 bits per heavy atom. The average Bonchev–Trinajstić information content (AvgIpc) is 2.81. The number of thiophene rings is 1. The zero-order chi connectivity index (χ0) is 16.8. The fourth-order valence-electron chi connectivity index (χ4n) is 2.24. The van der Waals surface area contributed by atoms with E-state index in [1.54, 1.807) is 11.3 Å². The number of carbonyl (C=O) groups is 1. The fourth-order valence-corrected chi connectivity index (χ4v) is 3.12. The summed E-state index contributed by atoms with van der Waals surface area (Å²) in [4.78, 5) is 13.4. The topological polar surface area (TPSA) is 50.4 Å². The highest BCUT2D eigenvalue weighted by Gasteiger charge is 2.30. The van der Waals surface area contributed by atoms with Crippen LogP contribution in [0.1, 0.15) is 57.9 Å². The van der Waals surface area contributed by atoms with Crippen LogP contribution >= 0.6 is 11.3 Å². The van der Waals surface area contributed by atoms with Gasteiger partial charge in [-0.3, -0.25) is 0 Å². The number of carbonyl (C=O) groups excluding carboxylic acids is 1. The van der Waals surface area contributed by atoms with E-state index in [4.69, 9.17) is 4.74 Å². The summed E-state index contributed by atoms with van der Waals surface area (Å²) in [6.07, 6.45) is 1.38. The van der Waals surface area contributed by atoms with Gasteiger partial charge in [-0.2, -0.15) is 0 Å². The minimum atomic E-state index is -0.473. The van der Waals surface area contributed by atoms with E-state index in [0.717, 1.165) is 25.9 Å². The Morgan fingerprint density at radius 3 is 2.36 bits per heavy atom. The second-order valence-electron chi connectivity index (χ2n) is 6.74. The van der Waals surface area contributed by atoms with Crippen molar-refractivity contribution in [1.82, 2.24) is 10.6 Å². The lowest BCUT2D eigenvalue weighted by molar-refractivity contribution is 0.0446. The van der Waals surface area contributed by atoms with E-state index >= 15 is 0 Å². The summed E-state index contributed by atoms with van der Waals surface area (Å²) >= 11 is 1.76. The number of hydrogen-bond acceptors (Lipinski definition) is 4. The van der Waals surface area contributed by atoms with Crippen molar-refractivity contribution in [3.05, 3.63) is 21.9 Å². The molecule has 1 rings (SSSR count). The Labute approximate surface area is 138 Å². The predicted octanol–water partition coefficient (Wildman–Crippen LogP) is 4.23. The van der Waals surface area contributed by atoms with Crippen LogP contribution in [-0.2, 0) is 11.3 Å². The summed E-state index contributed by atoms with van der Waals surface area (Å²) < 4.78 is 5.39. The number of ether oxygens (including phenoxy) is 1. The minimum absolute atomic E-state index is 0.270. The van der Waals surface area contributed by atoms with E-state index in [2.05, 4.69) is 42.9 Å². The van der Waals surface area contributed by atoms with Crippen molar-refractivity contribution in [1.29, 1.82) is 0 Å². The number of aryl methyl sites for hydroxylation is 1. The third-order valence-corrected chi connectivity index (χ3v) is 4.86. The highest BCUT2D eigenvalue weighted by molar-refractivity contribution is 7.10. The quantitative estimate of drug-likeness (QED) is 0.788. The van der Waals surface area contributed by atoms with Crippen molar-refractivity contribution < 1.29 is 9.53 Å². The summed E-state index contributed by atoms with van der Waals surface area (Å²) in [6, 6.07) is 2.13. The van der Waals surface area contributed by atoms with Gasteiger partial charge in [-0.05, 0) is 57.5 Å². The van der Waals surface area contributed by atoms with Gasteiger partial charge in [0.15, 0.2) is 0 Å². The minimum Gasteiger partial charge on any atom is -0.444 e. The molecule has 0 spiro atoms. The van der Waals surface area contributed by atoms with E-state index in [9.17, 15) is 4.79 Å². The van der Waals surface area contributed by atoms with Gasteiger partial charge in [0.2, 0.25) is 0 Å². The Balaban J connectivity index is 2.58. The van der Waals surface area contributed by atoms with Crippen LogP contribution in [0.4, 0.5) is 4.79 Å². The molecule has 0 radical (unpaired) electrons. The van der Waals surface area contributed by atoms with Crippen LogP contribution in [0, 0.1) is 6.92 Å². The molecule has 1 heterocycles. The van der Waals surface area contributed by atoms with Gasteiger partial charge in [-0.25, -0.2) is 4.79 Å². The maximum absolute atomic E-state index is 12.1. The molecule has 0 aromatic carbocycles. The molecule has 1 aromatic heterocycles. The first kappa shape index (κ1) is 19.0. The fraction of sp³-hybridized carbons (Fsp3) is 0.706. The molecule has 2 N–H and O–H groups in total. The summed E-state index contributed by atoms with van der Waals surface area (Å²) in [5.41, 5.74) is 0.572. The van der Waals surface area contributed by atoms with Crippen molar-refractivity contribution in [2.24, 2.45) is 0 Å². The molecule has 1 amide bonds. The van der Waals surface area contributed by atoms with Gasteiger partial charge in [0.1, 0.15) is 5.60 Å². The smallest absolute Gasteiger partial charge is 0.408 e. The van der Waals surface area contributed by atoms with Crippen LogP contribution in [0.3, 0.4) is 0 Å². The lowest BCUT2D eigenvalue weighted by atomic mass is 9.93. The van der Waals surface area contributed by atoms with Crippen LogP contribution in [0.5, 0.6) is 0 Å². The normalized spacial score (nSPS) is 12.3. The molecule has 1 aromatic rings. The number of rotatable bonds is 7. The predicted molar refractivity (Wildman–Crippen MR) is 93.4 cm³/mol. The summed E-state index contributed by atoms with van der Waals surface area (Å²) in [5.74, 6) is 0. The van der Waals surface area contributed by atoms with E-state index in [1.807, 2.05) is 20.8 Å². The van der Waals surface area contributed by atoms with Crippen LogP contribution < -0.4 is 10.6 Å². The van der Waals surface area contributed by atoms with Gasteiger partial charge in [-0.1, -0.05) is 13.8 Å². The first-order valence-corrected chi connectivity index (χ1v) is 8.84. The van der Waals surface area contributed by atoms with Crippen molar-refractivity contribution in [2.75, 3.05) is 6.54 Å². The molecule has 0 aliphatic rings. The monoisotopic (exact) mass is 326 g/mol. The van der Waals surface area contributed by atoms with Crippen molar-refractivity contribution in [3.8, 4) is 0 Å². The molecule has 22 heavy (non-hydrogen) atoms. The summed E-state index contributed by atoms with van der Waals surface area (Å²) in [7, 11) is 0. The van der Waals surface area contributed by atoms with Crippen LogP contribution in [0.2, 0.25) is 0 Å². The second kappa shape index (κ2) is 7.97. The number of alkyl carbamates (subject to hydrolysis) is 1. The lowest BCUT2D eigenvalue weighted by Crippen LogP contribution is -2.55. The van der Waals surface area contributed by atoms with E-state index in [1.165, 1.54) is 10.4 Å². The van der Waals surface area contributed by atoms with Gasteiger partial charge >= 0.3 is 6.09 Å². The third kappa shape index (κ3) is 5.97. The molecule has 0 saturated carbocycles. The Hall–Kier alpha value is -1.07. The lowest BCUT2D eigenvalue weighted by Gasteiger charge is -2.34. The second-order valence-corrected chi connectivity index (χ2v) is 7.75. The standard InChI is InChI=1S/C17H30N2O2S/c1-7-17(8-2,19-15(20)21-16(4,5)6)12-18-11-14-13(3)9-10-22-14/h9-10,18H,7-8,11-12H2,1-6H3,(H,19,20). The van der Waals surface area contributed by atoms with Gasteiger partial charge in [-0.15, -0.1) is 11.3 Å². The molecule has 0 atom stereocenters. The third-order valence-electron chi connectivity index (χ3n) is 3.84. The molecule has 126 valence electrons. The first-order chi connectivity index (χ1) is 10.2. The first-order valence-electron chi connectivity index (χ1n) is 7.96. The van der Waals surface area contributed by atoms with Crippen LogP contribution in [-0.4, -0.2) is 23.8 Å². The molecule has 0 aliphatic heterocycles. The van der Waals surface area contributed by atoms with E-state index in [0.29, 0.717) is 0 Å². The average molecular weight is 327 g/mol. The summed E-state index contributed by atoms with van der Waals surface area (Å²) in [5, 5.41) is 8.65. The van der Waals surface area contributed by atoms with Gasteiger partial charge in [0.25, 0.3) is 0 Å². The number of hydrogen-bond donors (Lipinski definition) is 2. The maximum Gasteiger partial charge on any atom is 0.408 e. The number of amides is 1. The molecule has 5 heteroatoms. The Kier molecular flexibility index (Phi) is 6.88. The molecule has 0 saturated heterocycles. The molecule has 0 aliphatic carbocycles. The summed E-state index contributed by atoms with van der Waals surface area (Å²) in [6.45, 7) is 13.5. The number of nitrogens with one attached hydrogen (secondary N) is 2. The van der Waals surface area contributed by atoms with E-state index < -0.39 is 5.60 Å². The SMILES string of the molecule is CCC(CC)(CNCc1sccc1C)NC(=O)OC(C)(C)C. The van der Waals surface area contributed by atoms with Crippen LogP contribution in [0.15, 0.2) is 11.4 Å². The largest absolute Gasteiger partial charge is 0.444 e. The zero-order valence-corrected chi connectivity index (χ0v) is 15.5. The van der Waals surface area contributed by atoms with Gasteiger partial charge < -0.3 is 15.4 Å². The highest BCUT2D eigenvalue weighted by atomic mass is 32.1. The molecular weight excluding hydrogens is 296 g/mol. The zero-order valence-electron chi connectivity index (χ0n) is 14.7. The Bertz CT molecular complexity index is 473. The molecule has 0 fully saturated rings. The highest BCUT2D eigenvalue weighted by Crippen LogP contribution is 2.18. The van der Waals surface area contributed by atoms with Crippen LogP contribution in [0.25, 0.3) is 0 Å². The molecule has 4 nitrogen and oxygen atoms in total. The Morgan fingerprint density at radius 1 is 1.27 bits per heavy atom. The molecular formula is C17H30N2O2S. The van der Waals surface area contributed by atoms with Crippen molar-refractivity contribution in [2.45, 2.75) is 72.1 Å². The van der Waals surface area contributed by atoms with Crippen molar-refractivity contribution in [3.63, 3.8) is 0 Å². The molecule has 0 bridgehead atoms. The maximum atomic E-state index is 12.1. The molecule has 0 unspecified atom stereocenters.